The van der Waals surface area contributed by atoms with Gasteiger partial charge in [0, 0.05) is 55.2 Å². The van der Waals surface area contributed by atoms with Gasteiger partial charge in [0.25, 0.3) is 0 Å². The van der Waals surface area contributed by atoms with Crippen LogP contribution in [-0.4, -0.2) is 77.1 Å². The van der Waals surface area contributed by atoms with Crippen molar-refractivity contribution < 1.29 is 19.1 Å². The van der Waals surface area contributed by atoms with Gasteiger partial charge in [-0.2, -0.15) is 0 Å². The molecule has 1 saturated heterocycles. The average molecular weight is 485 g/mol. The number of para-hydroxylation sites is 1. The molecule has 0 bridgehead atoms. The number of rotatable bonds is 7. The number of carbonyl (C=O) groups excluding carboxylic acids is 3. The molecule has 3 heterocycles. The quantitative estimate of drug-likeness (QED) is 0.476. The van der Waals surface area contributed by atoms with Crippen LogP contribution in [-0.2, 0) is 22.4 Å². The number of piperazine rings is 1. The van der Waals surface area contributed by atoms with Crippen LogP contribution in [0.15, 0.2) is 35.8 Å². The van der Waals surface area contributed by atoms with E-state index in [4.69, 9.17) is 4.74 Å². The zero-order chi connectivity index (χ0) is 23.9. The van der Waals surface area contributed by atoms with E-state index in [1.165, 1.54) is 16.7 Å². The number of H-pyrrole nitrogens is 1. The largest absolute Gasteiger partial charge is 0.450 e. The van der Waals surface area contributed by atoms with Crippen molar-refractivity contribution in [1.82, 2.24) is 25.1 Å². The van der Waals surface area contributed by atoms with Crippen molar-refractivity contribution in [3.8, 4) is 0 Å². The maximum Gasteiger partial charge on any atom is 0.409 e. The number of ether oxygens (including phenoxy) is 1. The second-order valence-corrected chi connectivity index (χ2v) is 8.74. The van der Waals surface area contributed by atoms with Gasteiger partial charge in [0.15, 0.2) is 5.13 Å². The Hall–Kier alpha value is -3.60. The van der Waals surface area contributed by atoms with Crippen molar-refractivity contribution in [2.75, 3.05) is 44.6 Å². The standard InChI is InChI=1S/C23H28N6O4S/c1-2-33-23(32)29-11-9-28(10-12-29)22(31)27-21-26-17(15-34-21)13-20(30)24-8-7-16-14-25-19-6-4-3-5-18(16)19/h3-6,14-15,25H,2,7-13H2,1H3,(H,24,30)(H,26,27,31). The lowest BCUT2D eigenvalue weighted by Crippen LogP contribution is -2.51. The van der Waals surface area contributed by atoms with Crippen LogP contribution < -0.4 is 10.6 Å². The van der Waals surface area contributed by atoms with Crippen LogP contribution in [0, 0.1) is 0 Å². The number of nitrogens with one attached hydrogen (secondary N) is 3. The number of thiazole rings is 1. The molecule has 34 heavy (non-hydrogen) atoms. The number of nitrogens with zero attached hydrogens (tertiary/aromatic N) is 3. The number of hydrogen-bond donors (Lipinski definition) is 3. The summed E-state index contributed by atoms with van der Waals surface area (Å²) in [5, 5.41) is 9.09. The van der Waals surface area contributed by atoms with Crippen LogP contribution in [0.2, 0.25) is 0 Å². The van der Waals surface area contributed by atoms with Gasteiger partial charge in [-0.3, -0.25) is 10.1 Å². The predicted octanol–water partition coefficient (Wildman–Crippen LogP) is 2.83. The molecule has 4 rings (SSSR count). The van der Waals surface area contributed by atoms with Crippen molar-refractivity contribution in [3.63, 3.8) is 0 Å². The van der Waals surface area contributed by atoms with Crippen LogP contribution in [0.3, 0.4) is 0 Å². The van der Waals surface area contributed by atoms with Gasteiger partial charge in [0.2, 0.25) is 5.91 Å². The predicted molar refractivity (Wildman–Crippen MR) is 130 cm³/mol. The summed E-state index contributed by atoms with van der Waals surface area (Å²) < 4.78 is 4.99. The molecule has 0 aliphatic carbocycles. The highest BCUT2D eigenvalue weighted by Gasteiger charge is 2.25. The fourth-order valence-corrected chi connectivity index (χ4v) is 4.52. The molecule has 1 aliphatic heterocycles. The van der Waals surface area contributed by atoms with Crippen LogP contribution in [0.4, 0.5) is 14.7 Å². The molecule has 2 aromatic heterocycles. The molecule has 0 radical (unpaired) electrons. The van der Waals surface area contributed by atoms with Crippen molar-refractivity contribution in [1.29, 1.82) is 0 Å². The molecule has 0 unspecified atom stereocenters. The van der Waals surface area contributed by atoms with E-state index in [1.54, 1.807) is 22.1 Å². The molecule has 4 amide bonds. The Morgan fingerprint density at radius 3 is 2.71 bits per heavy atom. The summed E-state index contributed by atoms with van der Waals surface area (Å²) in [4.78, 5) is 47.4. The fourth-order valence-electron chi connectivity index (χ4n) is 3.83. The molecule has 0 spiro atoms. The molecule has 10 nitrogen and oxygen atoms in total. The van der Waals surface area contributed by atoms with E-state index in [9.17, 15) is 14.4 Å². The molecule has 3 aromatic rings. The van der Waals surface area contributed by atoms with Gasteiger partial charge < -0.3 is 24.8 Å². The molecular formula is C23H28N6O4S. The van der Waals surface area contributed by atoms with E-state index in [-0.39, 0.29) is 24.5 Å². The monoisotopic (exact) mass is 484 g/mol. The first-order chi connectivity index (χ1) is 16.5. The number of aromatic nitrogens is 2. The Bertz CT molecular complexity index is 1150. The summed E-state index contributed by atoms with van der Waals surface area (Å²) in [5.41, 5.74) is 2.86. The fraction of sp³-hybridized carbons (Fsp3) is 0.391. The lowest BCUT2D eigenvalue weighted by molar-refractivity contribution is -0.120. The van der Waals surface area contributed by atoms with Gasteiger partial charge in [0.05, 0.1) is 18.7 Å². The highest BCUT2D eigenvalue weighted by atomic mass is 32.1. The molecule has 0 saturated carbocycles. The molecule has 180 valence electrons. The Morgan fingerprint density at radius 2 is 1.91 bits per heavy atom. The summed E-state index contributed by atoms with van der Waals surface area (Å²) in [5.74, 6) is -0.113. The minimum Gasteiger partial charge on any atom is -0.450 e. The number of amides is 4. The Kier molecular flexibility index (Phi) is 7.63. The highest BCUT2D eigenvalue weighted by molar-refractivity contribution is 7.13. The molecule has 1 fully saturated rings. The second-order valence-electron chi connectivity index (χ2n) is 7.88. The Morgan fingerprint density at radius 1 is 1.15 bits per heavy atom. The number of benzene rings is 1. The summed E-state index contributed by atoms with van der Waals surface area (Å²) in [7, 11) is 0. The van der Waals surface area contributed by atoms with Crippen molar-refractivity contribution in [2.45, 2.75) is 19.8 Å². The average Bonchev–Trinajstić information content (AvgIpc) is 3.46. The SMILES string of the molecule is CCOC(=O)N1CCN(C(=O)Nc2nc(CC(=O)NCCc3c[nH]c4ccccc34)cs2)CC1. The van der Waals surface area contributed by atoms with Crippen LogP contribution >= 0.6 is 11.3 Å². The summed E-state index contributed by atoms with van der Waals surface area (Å²) in [6, 6.07) is 7.81. The van der Waals surface area contributed by atoms with Crippen LogP contribution in [0.25, 0.3) is 10.9 Å². The van der Waals surface area contributed by atoms with Gasteiger partial charge in [-0.1, -0.05) is 18.2 Å². The van der Waals surface area contributed by atoms with Crippen molar-refractivity contribution in [2.24, 2.45) is 0 Å². The van der Waals surface area contributed by atoms with E-state index in [0.717, 1.165) is 17.5 Å². The first kappa shape index (κ1) is 23.6. The number of aromatic amines is 1. The number of fused-ring (bicyclic) bond motifs is 1. The molecular weight excluding hydrogens is 456 g/mol. The van der Waals surface area contributed by atoms with Crippen molar-refractivity contribution >= 4 is 45.4 Å². The second kappa shape index (κ2) is 11.0. The molecule has 0 atom stereocenters. The van der Waals surface area contributed by atoms with E-state index >= 15 is 0 Å². The maximum atomic E-state index is 12.5. The zero-order valence-corrected chi connectivity index (χ0v) is 19.8. The smallest absolute Gasteiger partial charge is 0.409 e. The summed E-state index contributed by atoms with van der Waals surface area (Å²) in [6.07, 6.45) is 2.51. The first-order valence-corrected chi connectivity index (χ1v) is 12.1. The molecule has 11 heteroatoms. The lowest BCUT2D eigenvalue weighted by atomic mass is 10.1. The zero-order valence-electron chi connectivity index (χ0n) is 19.0. The number of urea groups is 1. The molecule has 1 aromatic carbocycles. The third-order valence-electron chi connectivity index (χ3n) is 5.59. The summed E-state index contributed by atoms with van der Waals surface area (Å²) >= 11 is 1.28. The number of hydrogen-bond acceptors (Lipinski definition) is 6. The maximum absolute atomic E-state index is 12.5. The molecule has 3 N–H and O–H groups in total. The van der Waals surface area contributed by atoms with Gasteiger partial charge in [-0.25, -0.2) is 14.6 Å². The van der Waals surface area contributed by atoms with E-state index in [2.05, 4.69) is 26.7 Å². The van der Waals surface area contributed by atoms with Gasteiger partial charge in [0.1, 0.15) is 0 Å². The lowest BCUT2D eigenvalue weighted by Gasteiger charge is -2.33. The third kappa shape index (κ3) is 5.84. The minimum atomic E-state index is -0.355. The van der Waals surface area contributed by atoms with Gasteiger partial charge in [-0.15, -0.1) is 11.3 Å². The van der Waals surface area contributed by atoms with Gasteiger partial charge in [-0.05, 0) is 25.0 Å². The van der Waals surface area contributed by atoms with Crippen molar-refractivity contribution in [3.05, 3.63) is 47.1 Å². The Labute approximate surface area is 201 Å². The Balaban J connectivity index is 1.19. The van der Waals surface area contributed by atoms with Gasteiger partial charge >= 0.3 is 12.1 Å². The van der Waals surface area contributed by atoms with E-state index in [0.29, 0.717) is 50.2 Å². The van der Waals surface area contributed by atoms with Crippen LogP contribution in [0.5, 0.6) is 0 Å². The summed E-state index contributed by atoms with van der Waals surface area (Å²) in [6.45, 7) is 4.31. The highest BCUT2D eigenvalue weighted by Crippen LogP contribution is 2.18. The number of anilines is 1. The number of carbonyl (C=O) groups is 3. The first-order valence-electron chi connectivity index (χ1n) is 11.3. The van der Waals surface area contributed by atoms with E-state index in [1.807, 2.05) is 24.4 Å². The third-order valence-corrected chi connectivity index (χ3v) is 6.40. The minimum absolute atomic E-state index is 0.113. The topological polar surface area (TPSA) is 120 Å². The van der Waals surface area contributed by atoms with E-state index < -0.39 is 0 Å². The molecule has 1 aliphatic rings. The normalized spacial score (nSPS) is 13.7. The van der Waals surface area contributed by atoms with Crippen LogP contribution in [0.1, 0.15) is 18.2 Å².